The van der Waals surface area contributed by atoms with E-state index in [0.29, 0.717) is 0 Å². The minimum atomic E-state index is 0.0285. The van der Waals surface area contributed by atoms with Crippen molar-refractivity contribution in [1.82, 2.24) is 5.32 Å². The van der Waals surface area contributed by atoms with Gasteiger partial charge in [-0.1, -0.05) is 135 Å². The predicted octanol–water partition coefficient (Wildman–Crippen LogP) is 12.0. The Hall–Kier alpha value is -5.34. The molecule has 2 heterocycles. The van der Waals surface area contributed by atoms with Gasteiger partial charge in [0.25, 0.3) is 0 Å². The normalized spacial score (nSPS) is 18.3. The number of furan rings is 1. The van der Waals surface area contributed by atoms with Gasteiger partial charge in [0.1, 0.15) is 11.2 Å². The molecule has 9 rings (SSSR count). The van der Waals surface area contributed by atoms with Gasteiger partial charge in [-0.25, -0.2) is 0 Å². The van der Waals surface area contributed by atoms with E-state index in [4.69, 9.17) is 4.42 Å². The number of hydrogen-bond acceptors (Lipinski definition) is 2. The molecule has 6 aromatic rings. The topological polar surface area (TPSA) is 25.2 Å². The lowest BCUT2D eigenvalue weighted by molar-refractivity contribution is 0.522. The first-order valence-corrected chi connectivity index (χ1v) is 17.3. The third-order valence-corrected chi connectivity index (χ3v) is 10.7. The van der Waals surface area contributed by atoms with E-state index in [-0.39, 0.29) is 11.5 Å². The molecule has 1 N–H and O–H groups in total. The van der Waals surface area contributed by atoms with Crippen LogP contribution in [0.1, 0.15) is 61.4 Å². The Morgan fingerprint density at radius 1 is 0.729 bits per heavy atom. The zero-order chi connectivity index (χ0) is 32.2. The predicted molar refractivity (Wildman–Crippen MR) is 201 cm³/mol. The van der Waals surface area contributed by atoms with Crippen LogP contribution in [0.15, 0.2) is 155 Å². The lowest BCUT2D eigenvalue weighted by Crippen LogP contribution is -2.24. The maximum absolute atomic E-state index is 7.09. The number of benzene rings is 5. The fourth-order valence-electron chi connectivity index (χ4n) is 8.05. The van der Waals surface area contributed by atoms with E-state index in [2.05, 4.69) is 159 Å². The SMILES string of the molecule is CC1(C)CCc2c1cc1c(oc3c(C4=CC(c5ccc(-c6ccccc6)cc5)NC(C5=CC=CCC5)=C4)cccc31)c2-c1ccccc1. The van der Waals surface area contributed by atoms with E-state index in [1.807, 2.05) is 0 Å². The molecule has 1 atom stereocenters. The van der Waals surface area contributed by atoms with Crippen molar-refractivity contribution >= 4 is 27.5 Å². The summed E-state index contributed by atoms with van der Waals surface area (Å²) in [6.07, 6.45) is 15.7. The van der Waals surface area contributed by atoms with Crippen molar-refractivity contribution in [3.8, 4) is 22.3 Å². The van der Waals surface area contributed by atoms with Crippen LogP contribution in [0.3, 0.4) is 0 Å². The Morgan fingerprint density at radius 3 is 2.23 bits per heavy atom. The van der Waals surface area contributed by atoms with Crippen molar-refractivity contribution < 1.29 is 4.42 Å². The first-order chi connectivity index (χ1) is 23.5. The minimum absolute atomic E-state index is 0.0285. The molecule has 0 amide bonds. The van der Waals surface area contributed by atoms with Gasteiger partial charge in [0.05, 0.1) is 6.04 Å². The van der Waals surface area contributed by atoms with Crippen LogP contribution in [-0.2, 0) is 11.8 Å². The number of rotatable bonds is 5. The second-order valence-electron chi connectivity index (χ2n) is 14.1. The highest BCUT2D eigenvalue weighted by atomic mass is 16.3. The number of para-hydroxylation sites is 1. The van der Waals surface area contributed by atoms with Gasteiger partial charge in [-0.05, 0) is 93.8 Å². The summed E-state index contributed by atoms with van der Waals surface area (Å²) in [6, 6.07) is 39.6. The highest BCUT2D eigenvalue weighted by Crippen LogP contribution is 2.49. The molecular weight excluding hydrogens is 583 g/mol. The van der Waals surface area contributed by atoms with E-state index >= 15 is 0 Å². The Bertz CT molecular complexity index is 2310. The molecular formula is C46H39NO. The van der Waals surface area contributed by atoms with Gasteiger partial charge >= 0.3 is 0 Å². The molecule has 1 unspecified atom stereocenters. The van der Waals surface area contributed by atoms with Crippen molar-refractivity contribution in [2.75, 3.05) is 0 Å². The van der Waals surface area contributed by atoms with Crippen LogP contribution in [0.2, 0.25) is 0 Å². The molecule has 3 aliphatic rings. The van der Waals surface area contributed by atoms with Crippen LogP contribution in [0.25, 0.3) is 49.8 Å². The Morgan fingerprint density at radius 2 is 1.48 bits per heavy atom. The summed E-state index contributed by atoms with van der Waals surface area (Å²) in [4.78, 5) is 0. The third-order valence-electron chi connectivity index (χ3n) is 10.7. The number of dihydropyridines is 1. The summed E-state index contributed by atoms with van der Waals surface area (Å²) in [7, 11) is 0. The summed E-state index contributed by atoms with van der Waals surface area (Å²) >= 11 is 0. The molecule has 2 aliphatic carbocycles. The summed E-state index contributed by atoms with van der Waals surface area (Å²) in [5, 5.41) is 6.29. The lowest BCUT2D eigenvalue weighted by atomic mass is 9.84. The quantitative estimate of drug-likeness (QED) is 0.207. The van der Waals surface area contributed by atoms with Gasteiger partial charge in [0.15, 0.2) is 0 Å². The molecule has 48 heavy (non-hydrogen) atoms. The van der Waals surface area contributed by atoms with Gasteiger partial charge in [-0.3, -0.25) is 0 Å². The van der Waals surface area contributed by atoms with Crippen molar-refractivity contribution in [3.05, 3.63) is 173 Å². The molecule has 0 saturated carbocycles. The number of hydrogen-bond donors (Lipinski definition) is 1. The van der Waals surface area contributed by atoms with Crippen molar-refractivity contribution in [2.45, 2.75) is 51.0 Å². The molecule has 0 fully saturated rings. The monoisotopic (exact) mass is 621 g/mol. The van der Waals surface area contributed by atoms with E-state index in [9.17, 15) is 0 Å². The molecule has 0 radical (unpaired) electrons. The van der Waals surface area contributed by atoms with E-state index in [0.717, 1.165) is 42.4 Å². The van der Waals surface area contributed by atoms with Crippen LogP contribution in [-0.4, -0.2) is 0 Å². The molecule has 1 aromatic heterocycles. The molecule has 1 aliphatic heterocycles. The molecule has 2 nitrogen and oxygen atoms in total. The minimum Gasteiger partial charge on any atom is -0.455 e. The first-order valence-electron chi connectivity index (χ1n) is 17.3. The van der Waals surface area contributed by atoms with Gasteiger partial charge in [0.2, 0.25) is 0 Å². The maximum atomic E-state index is 7.09. The molecule has 234 valence electrons. The van der Waals surface area contributed by atoms with E-state index in [1.54, 1.807) is 0 Å². The van der Waals surface area contributed by atoms with Gasteiger partial charge in [0, 0.05) is 27.6 Å². The average Bonchev–Trinajstić information content (AvgIpc) is 3.67. The van der Waals surface area contributed by atoms with Crippen molar-refractivity contribution in [2.24, 2.45) is 0 Å². The second-order valence-corrected chi connectivity index (χ2v) is 14.1. The molecule has 0 saturated heterocycles. The number of nitrogens with one attached hydrogen (secondary N) is 1. The molecule has 0 bridgehead atoms. The Labute approximate surface area is 282 Å². The molecule has 5 aromatic carbocycles. The number of fused-ring (bicyclic) bond motifs is 4. The Balaban J connectivity index is 1.22. The highest BCUT2D eigenvalue weighted by Gasteiger charge is 2.34. The smallest absolute Gasteiger partial charge is 0.143 e. The zero-order valence-corrected chi connectivity index (χ0v) is 27.6. The molecule has 0 spiro atoms. The van der Waals surface area contributed by atoms with Crippen LogP contribution in [0.5, 0.6) is 0 Å². The highest BCUT2D eigenvalue weighted by molar-refractivity contribution is 6.13. The maximum Gasteiger partial charge on any atom is 0.143 e. The fourth-order valence-corrected chi connectivity index (χ4v) is 8.05. The van der Waals surface area contributed by atoms with Crippen LogP contribution in [0, 0.1) is 0 Å². The van der Waals surface area contributed by atoms with E-state index < -0.39 is 0 Å². The fraction of sp³-hybridized carbons (Fsp3) is 0.174. The van der Waals surface area contributed by atoms with Crippen molar-refractivity contribution in [3.63, 3.8) is 0 Å². The summed E-state index contributed by atoms with van der Waals surface area (Å²) < 4.78 is 7.09. The summed E-state index contributed by atoms with van der Waals surface area (Å²) in [5.41, 5.74) is 16.1. The first kappa shape index (κ1) is 28.8. The van der Waals surface area contributed by atoms with E-state index in [1.165, 1.54) is 66.6 Å². The second kappa shape index (κ2) is 11.4. The summed E-state index contributed by atoms with van der Waals surface area (Å²) in [6.45, 7) is 4.78. The zero-order valence-electron chi connectivity index (χ0n) is 27.6. The third kappa shape index (κ3) is 4.86. The van der Waals surface area contributed by atoms with Crippen LogP contribution in [0.4, 0.5) is 0 Å². The average molecular weight is 622 g/mol. The number of allylic oxidation sites excluding steroid dienone is 6. The van der Waals surface area contributed by atoms with Gasteiger partial charge < -0.3 is 9.73 Å². The Kier molecular flexibility index (Phi) is 6.86. The van der Waals surface area contributed by atoms with Crippen molar-refractivity contribution in [1.29, 1.82) is 0 Å². The largest absolute Gasteiger partial charge is 0.455 e. The van der Waals surface area contributed by atoms with Crippen LogP contribution >= 0.6 is 0 Å². The molecule has 2 heteroatoms. The van der Waals surface area contributed by atoms with Crippen LogP contribution < -0.4 is 5.32 Å². The summed E-state index contributed by atoms with van der Waals surface area (Å²) in [5.74, 6) is 0. The standard InChI is InChI=1S/C46H39NO/c1-46(2)26-25-38-40(46)29-39-37-20-12-19-36(44(37)48-45(39)43(38)34-17-10-5-11-18-34)35-27-41(32-15-8-4-9-16-32)47-42(28-35)33-23-21-31(22-24-33)30-13-6-3-7-14-30/h3-8,10-15,17-24,27-29,42,47H,9,16,25-26H2,1-2H3. The van der Waals surface area contributed by atoms with Gasteiger partial charge in [-0.2, -0.15) is 0 Å². The van der Waals surface area contributed by atoms with Gasteiger partial charge in [-0.15, -0.1) is 0 Å². The lowest BCUT2D eigenvalue weighted by Gasteiger charge is -2.27.